The standard InChI is InChI=1S/C13H16ClNO2/c14-11-4-1-3-10(9-11)5-7-13(12(16)17)6-2-8-15-13/h1,3-4,9,15H,2,5-8H2,(H,16,17). The van der Waals surface area contributed by atoms with Crippen LogP contribution < -0.4 is 5.32 Å². The molecule has 4 heteroatoms. The normalized spacial score (nSPS) is 23.8. The Bertz CT molecular complexity index is 414. The highest BCUT2D eigenvalue weighted by Gasteiger charge is 2.40. The number of aryl methyl sites for hydroxylation is 1. The quantitative estimate of drug-likeness (QED) is 0.867. The van der Waals surface area contributed by atoms with Crippen LogP contribution in [0.5, 0.6) is 0 Å². The Hall–Kier alpha value is -1.06. The summed E-state index contributed by atoms with van der Waals surface area (Å²) >= 11 is 5.91. The van der Waals surface area contributed by atoms with Crippen LogP contribution >= 0.6 is 11.6 Å². The molecule has 17 heavy (non-hydrogen) atoms. The molecule has 0 amide bonds. The van der Waals surface area contributed by atoms with E-state index in [1.54, 1.807) is 0 Å². The van der Waals surface area contributed by atoms with Crippen LogP contribution in [0.15, 0.2) is 24.3 Å². The molecule has 1 unspecified atom stereocenters. The number of hydrogen-bond acceptors (Lipinski definition) is 2. The Labute approximate surface area is 106 Å². The van der Waals surface area contributed by atoms with Gasteiger partial charge in [-0.15, -0.1) is 0 Å². The Kier molecular flexibility index (Phi) is 3.69. The van der Waals surface area contributed by atoms with E-state index in [1.165, 1.54) is 0 Å². The minimum Gasteiger partial charge on any atom is -0.480 e. The summed E-state index contributed by atoms with van der Waals surface area (Å²) < 4.78 is 0. The summed E-state index contributed by atoms with van der Waals surface area (Å²) in [5, 5.41) is 13.1. The first-order valence-electron chi connectivity index (χ1n) is 5.85. The van der Waals surface area contributed by atoms with Gasteiger partial charge in [0.2, 0.25) is 0 Å². The van der Waals surface area contributed by atoms with Crippen molar-refractivity contribution < 1.29 is 9.90 Å². The van der Waals surface area contributed by atoms with E-state index in [2.05, 4.69) is 5.32 Å². The molecule has 1 aliphatic rings. The third kappa shape index (κ3) is 2.79. The number of carbonyl (C=O) groups is 1. The number of nitrogens with one attached hydrogen (secondary N) is 1. The second-order valence-electron chi connectivity index (χ2n) is 4.55. The van der Waals surface area contributed by atoms with Gasteiger partial charge in [-0.1, -0.05) is 23.7 Å². The van der Waals surface area contributed by atoms with Gasteiger partial charge in [0.25, 0.3) is 0 Å². The molecule has 0 aliphatic carbocycles. The molecule has 1 heterocycles. The number of carboxylic acids is 1. The van der Waals surface area contributed by atoms with Crippen molar-refractivity contribution in [3.8, 4) is 0 Å². The fraction of sp³-hybridized carbons (Fsp3) is 0.462. The van der Waals surface area contributed by atoms with Crippen molar-refractivity contribution >= 4 is 17.6 Å². The second-order valence-corrected chi connectivity index (χ2v) is 4.98. The van der Waals surface area contributed by atoms with Crippen LogP contribution in [-0.4, -0.2) is 23.2 Å². The highest BCUT2D eigenvalue weighted by Crippen LogP contribution is 2.26. The Morgan fingerprint density at radius 1 is 1.53 bits per heavy atom. The van der Waals surface area contributed by atoms with E-state index >= 15 is 0 Å². The van der Waals surface area contributed by atoms with Gasteiger partial charge in [-0.05, 0) is 49.9 Å². The molecule has 1 aromatic rings. The third-order valence-electron chi connectivity index (χ3n) is 3.38. The Balaban J connectivity index is 2.03. The van der Waals surface area contributed by atoms with Gasteiger partial charge in [0, 0.05) is 5.02 Å². The zero-order valence-corrected chi connectivity index (χ0v) is 10.3. The molecule has 0 radical (unpaired) electrons. The first kappa shape index (κ1) is 12.4. The fourth-order valence-electron chi connectivity index (χ4n) is 2.36. The molecule has 0 spiro atoms. The van der Waals surface area contributed by atoms with Crippen LogP contribution in [0.4, 0.5) is 0 Å². The van der Waals surface area contributed by atoms with Crippen LogP contribution in [0.1, 0.15) is 24.8 Å². The largest absolute Gasteiger partial charge is 0.480 e. The van der Waals surface area contributed by atoms with E-state index in [-0.39, 0.29) is 0 Å². The van der Waals surface area contributed by atoms with Crippen LogP contribution in [-0.2, 0) is 11.2 Å². The first-order chi connectivity index (χ1) is 8.12. The molecule has 1 aliphatic heterocycles. The molecular formula is C13H16ClNO2. The van der Waals surface area contributed by atoms with Crippen molar-refractivity contribution in [1.29, 1.82) is 0 Å². The Morgan fingerprint density at radius 3 is 2.94 bits per heavy atom. The molecular weight excluding hydrogens is 238 g/mol. The van der Waals surface area contributed by atoms with E-state index in [9.17, 15) is 9.90 Å². The highest BCUT2D eigenvalue weighted by atomic mass is 35.5. The van der Waals surface area contributed by atoms with Crippen LogP contribution in [0, 0.1) is 0 Å². The predicted molar refractivity (Wildman–Crippen MR) is 67.4 cm³/mol. The number of hydrogen-bond donors (Lipinski definition) is 2. The summed E-state index contributed by atoms with van der Waals surface area (Å²) in [5.74, 6) is -0.739. The van der Waals surface area contributed by atoms with E-state index in [1.807, 2.05) is 24.3 Å². The van der Waals surface area contributed by atoms with Gasteiger partial charge < -0.3 is 10.4 Å². The van der Waals surface area contributed by atoms with E-state index in [4.69, 9.17) is 11.6 Å². The van der Waals surface area contributed by atoms with E-state index < -0.39 is 11.5 Å². The zero-order valence-electron chi connectivity index (χ0n) is 9.58. The topological polar surface area (TPSA) is 49.3 Å². The summed E-state index contributed by atoms with van der Waals surface area (Å²) in [6, 6.07) is 7.60. The highest BCUT2D eigenvalue weighted by molar-refractivity contribution is 6.30. The minimum atomic E-state index is -0.739. The van der Waals surface area contributed by atoms with Gasteiger partial charge in [0.1, 0.15) is 5.54 Å². The van der Waals surface area contributed by atoms with Gasteiger partial charge in [0.05, 0.1) is 0 Å². The number of rotatable bonds is 4. The summed E-state index contributed by atoms with van der Waals surface area (Å²) in [6.07, 6.45) is 2.99. The second kappa shape index (κ2) is 5.07. The lowest BCUT2D eigenvalue weighted by molar-refractivity contribution is -0.144. The molecule has 1 fully saturated rings. The maximum Gasteiger partial charge on any atom is 0.323 e. The number of aliphatic carboxylic acids is 1. The molecule has 92 valence electrons. The van der Waals surface area contributed by atoms with Crippen molar-refractivity contribution in [3.05, 3.63) is 34.9 Å². The molecule has 0 bridgehead atoms. The van der Waals surface area contributed by atoms with Crippen molar-refractivity contribution in [3.63, 3.8) is 0 Å². The SMILES string of the molecule is O=C(O)C1(CCc2cccc(Cl)c2)CCCN1. The predicted octanol–water partition coefficient (Wildman–Crippen LogP) is 2.48. The van der Waals surface area contributed by atoms with E-state index in [0.717, 1.165) is 24.9 Å². The van der Waals surface area contributed by atoms with Gasteiger partial charge in [-0.2, -0.15) is 0 Å². The average molecular weight is 254 g/mol. The fourth-order valence-corrected chi connectivity index (χ4v) is 2.57. The van der Waals surface area contributed by atoms with Gasteiger partial charge in [-0.25, -0.2) is 0 Å². The Morgan fingerprint density at radius 2 is 2.35 bits per heavy atom. The number of benzene rings is 1. The lowest BCUT2D eigenvalue weighted by Gasteiger charge is -2.24. The summed E-state index contributed by atoms with van der Waals surface area (Å²) in [6.45, 7) is 0.793. The molecule has 1 atom stereocenters. The molecule has 1 aromatic carbocycles. The summed E-state index contributed by atoms with van der Waals surface area (Å²) in [5.41, 5.74) is 0.356. The molecule has 2 rings (SSSR count). The molecule has 0 saturated carbocycles. The number of halogens is 1. The van der Waals surface area contributed by atoms with E-state index in [0.29, 0.717) is 17.9 Å². The van der Waals surface area contributed by atoms with Crippen LogP contribution in [0.25, 0.3) is 0 Å². The summed E-state index contributed by atoms with van der Waals surface area (Å²) in [4.78, 5) is 11.3. The summed E-state index contributed by atoms with van der Waals surface area (Å²) in [7, 11) is 0. The van der Waals surface area contributed by atoms with Crippen molar-refractivity contribution in [2.24, 2.45) is 0 Å². The smallest absolute Gasteiger partial charge is 0.323 e. The maximum atomic E-state index is 11.3. The zero-order chi connectivity index (χ0) is 12.3. The van der Waals surface area contributed by atoms with Crippen molar-refractivity contribution in [2.75, 3.05) is 6.54 Å². The molecule has 1 saturated heterocycles. The van der Waals surface area contributed by atoms with Gasteiger partial charge >= 0.3 is 5.97 Å². The lowest BCUT2D eigenvalue weighted by Crippen LogP contribution is -2.47. The molecule has 0 aromatic heterocycles. The maximum absolute atomic E-state index is 11.3. The minimum absolute atomic E-state index is 0.614. The lowest BCUT2D eigenvalue weighted by atomic mass is 9.90. The molecule has 2 N–H and O–H groups in total. The monoisotopic (exact) mass is 253 g/mol. The van der Waals surface area contributed by atoms with Gasteiger partial charge in [-0.3, -0.25) is 4.79 Å². The van der Waals surface area contributed by atoms with Crippen molar-refractivity contribution in [2.45, 2.75) is 31.2 Å². The van der Waals surface area contributed by atoms with Crippen molar-refractivity contribution in [1.82, 2.24) is 5.32 Å². The van der Waals surface area contributed by atoms with Gasteiger partial charge in [0.15, 0.2) is 0 Å². The van der Waals surface area contributed by atoms with Crippen LogP contribution in [0.2, 0.25) is 5.02 Å². The average Bonchev–Trinajstić information content (AvgIpc) is 2.76. The molecule has 3 nitrogen and oxygen atoms in total. The first-order valence-corrected chi connectivity index (χ1v) is 6.23. The van der Waals surface area contributed by atoms with Crippen LogP contribution in [0.3, 0.4) is 0 Å². The third-order valence-corrected chi connectivity index (χ3v) is 3.62. The number of carboxylic acid groups (broad SMARTS) is 1.